The second kappa shape index (κ2) is 7.81. The molecule has 1 fully saturated rings. The minimum absolute atomic E-state index is 0.103. The first kappa shape index (κ1) is 17.0. The van der Waals surface area contributed by atoms with Crippen molar-refractivity contribution < 1.29 is 4.79 Å². The highest BCUT2D eigenvalue weighted by Crippen LogP contribution is 2.15. The number of nitrogens with zero attached hydrogens (tertiary/aromatic N) is 1. The maximum Gasteiger partial charge on any atom is 0.238 e. The molecule has 1 aliphatic rings. The van der Waals surface area contributed by atoms with Crippen LogP contribution in [-0.4, -0.2) is 29.1 Å². The molecule has 2 aromatic rings. The van der Waals surface area contributed by atoms with E-state index >= 15 is 0 Å². The first-order chi connectivity index (χ1) is 11.6. The van der Waals surface area contributed by atoms with Gasteiger partial charge in [-0.15, -0.1) is 0 Å². The summed E-state index contributed by atoms with van der Waals surface area (Å²) in [5, 5.41) is 4.32. The van der Waals surface area contributed by atoms with Gasteiger partial charge in [-0.25, -0.2) is 5.43 Å². The Kier molecular flexibility index (Phi) is 5.53. The van der Waals surface area contributed by atoms with Gasteiger partial charge < -0.3 is 9.88 Å². The number of hydrogen-bond donors (Lipinski definition) is 3. The average molecular weight is 328 g/mol. The topological polar surface area (TPSA) is 58.1 Å². The lowest BCUT2D eigenvalue weighted by Crippen LogP contribution is -2.43. The van der Waals surface area contributed by atoms with Gasteiger partial charge in [-0.1, -0.05) is 32.0 Å². The van der Waals surface area contributed by atoms with E-state index in [1.807, 2.05) is 0 Å². The molecule has 3 N–H and O–H groups in total. The van der Waals surface area contributed by atoms with Crippen molar-refractivity contribution in [2.24, 2.45) is 5.92 Å². The predicted molar refractivity (Wildman–Crippen MR) is 97.5 cm³/mol. The van der Waals surface area contributed by atoms with Gasteiger partial charge in [0.25, 0.3) is 0 Å². The molecule has 0 radical (unpaired) electrons. The van der Waals surface area contributed by atoms with Crippen molar-refractivity contribution >= 4 is 16.8 Å². The lowest BCUT2D eigenvalue weighted by atomic mass is 10.00. The Balaban J connectivity index is 1.40. The van der Waals surface area contributed by atoms with Gasteiger partial charge in [-0.3, -0.25) is 10.2 Å². The summed E-state index contributed by atoms with van der Waals surface area (Å²) in [5.74, 6) is 0.744. The summed E-state index contributed by atoms with van der Waals surface area (Å²) in [6.07, 6.45) is 5.01. The lowest BCUT2D eigenvalue weighted by Gasteiger charge is -2.12. The second-order valence-corrected chi connectivity index (χ2v) is 7.12. The molecule has 5 nitrogen and oxygen atoms in total. The van der Waals surface area contributed by atoms with E-state index in [1.54, 1.807) is 0 Å². The first-order valence-electron chi connectivity index (χ1n) is 8.96. The Morgan fingerprint density at radius 2 is 2.12 bits per heavy atom. The normalized spacial score (nSPS) is 20.8. The summed E-state index contributed by atoms with van der Waals surface area (Å²) >= 11 is 0. The standard InChI is InChI=1S/C19H28N4O/c1-14(2)12-16-13-17(22-21-16)19(24)20-9-5-10-23-11-8-15-6-3-4-7-18(15)23/h3-4,6-8,11,14,16-17,21-22H,5,9-10,12-13H2,1-2H3,(H,20,24). The molecule has 2 unspecified atom stereocenters. The SMILES string of the molecule is CC(C)CC1CC(C(=O)NCCCn2ccc3ccccc32)NN1. The molecule has 0 saturated carbocycles. The number of nitrogens with one attached hydrogen (secondary N) is 3. The smallest absolute Gasteiger partial charge is 0.238 e. The summed E-state index contributed by atoms with van der Waals surface area (Å²) in [5.41, 5.74) is 7.61. The van der Waals surface area contributed by atoms with Crippen LogP contribution in [-0.2, 0) is 11.3 Å². The van der Waals surface area contributed by atoms with E-state index in [1.165, 1.54) is 10.9 Å². The Hall–Kier alpha value is -1.85. The average Bonchev–Trinajstić information content (AvgIpc) is 3.18. The fourth-order valence-corrected chi connectivity index (χ4v) is 3.44. The molecule has 3 rings (SSSR count). The molecule has 24 heavy (non-hydrogen) atoms. The van der Waals surface area contributed by atoms with E-state index in [9.17, 15) is 4.79 Å². The maximum absolute atomic E-state index is 12.2. The summed E-state index contributed by atoms with van der Waals surface area (Å²) in [7, 11) is 0. The predicted octanol–water partition coefficient (Wildman–Crippen LogP) is 2.43. The van der Waals surface area contributed by atoms with E-state index < -0.39 is 0 Å². The fraction of sp³-hybridized carbons (Fsp3) is 0.526. The van der Waals surface area contributed by atoms with Crippen molar-refractivity contribution in [3.05, 3.63) is 36.5 Å². The number of para-hydroxylation sites is 1. The third-order valence-corrected chi connectivity index (χ3v) is 4.61. The van der Waals surface area contributed by atoms with E-state index in [-0.39, 0.29) is 11.9 Å². The van der Waals surface area contributed by atoms with Crippen molar-refractivity contribution in [2.75, 3.05) is 6.54 Å². The molecular weight excluding hydrogens is 300 g/mol. The fourth-order valence-electron chi connectivity index (χ4n) is 3.44. The van der Waals surface area contributed by atoms with Crippen LogP contribution in [0.3, 0.4) is 0 Å². The van der Waals surface area contributed by atoms with Crippen molar-refractivity contribution in [1.82, 2.24) is 20.7 Å². The maximum atomic E-state index is 12.2. The van der Waals surface area contributed by atoms with Gasteiger partial charge in [0.1, 0.15) is 6.04 Å². The third-order valence-electron chi connectivity index (χ3n) is 4.61. The number of aryl methyl sites for hydroxylation is 1. The minimum atomic E-state index is -0.110. The number of aromatic nitrogens is 1. The Bertz CT molecular complexity index is 679. The molecule has 1 aliphatic heterocycles. The zero-order valence-corrected chi connectivity index (χ0v) is 14.6. The largest absolute Gasteiger partial charge is 0.355 e. The van der Waals surface area contributed by atoms with Crippen LogP contribution < -0.4 is 16.2 Å². The molecule has 5 heteroatoms. The van der Waals surface area contributed by atoms with Gasteiger partial charge in [0.05, 0.1) is 0 Å². The Labute approximate surface area is 143 Å². The van der Waals surface area contributed by atoms with Crippen LogP contribution in [0.15, 0.2) is 36.5 Å². The number of hydrazine groups is 1. The number of fused-ring (bicyclic) bond motifs is 1. The molecule has 1 aromatic carbocycles. The van der Waals surface area contributed by atoms with Crippen LogP contribution >= 0.6 is 0 Å². The zero-order chi connectivity index (χ0) is 16.9. The third kappa shape index (κ3) is 4.16. The molecule has 0 aliphatic carbocycles. The highest BCUT2D eigenvalue weighted by atomic mass is 16.2. The van der Waals surface area contributed by atoms with Crippen LogP contribution in [0.2, 0.25) is 0 Å². The van der Waals surface area contributed by atoms with Crippen LogP contribution in [0.25, 0.3) is 10.9 Å². The van der Waals surface area contributed by atoms with Gasteiger partial charge in [0.2, 0.25) is 5.91 Å². The van der Waals surface area contributed by atoms with E-state index in [0.29, 0.717) is 18.5 Å². The zero-order valence-electron chi connectivity index (χ0n) is 14.6. The van der Waals surface area contributed by atoms with Crippen molar-refractivity contribution in [3.8, 4) is 0 Å². The van der Waals surface area contributed by atoms with Crippen molar-refractivity contribution in [2.45, 2.75) is 51.7 Å². The van der Waals surface area contributed by atoms with Crippen molar-refractivity contribution in [3.63, 3.8) is 0 Å². The highest BCUT2D eigenvalue weighted by Gasteiger charge is 2.29. The number of amides is 1. The molecule has 130 valence electrons. The Morgan fingerprint density at radius 3 is 2.96 bits per heavy atom. The van der Waals surface area contributed by atoms with Crippen LogP contribution in [0, 0.1) is 5.92 Å². The summed E-state index contributed by atoms with van der Waals surface area (Å²) in [6.45, 7) is 6.04. The molecular formula is C19H28N4O. The number of rotatable bonds is 7. The highest BCUT2D eigenvalue weighted by molar-refractivity contribution is 5.82. The first-order valence-corrected chi connectivity index (χ1v) is 8.96. The lowest BCUT2D eigenvalue weighted by molar-refractivity contribution is -0.122. The quantitative estimate of drug-likeness (QED) is 0.684. The summed E-state index contributed by atoms with van der Waals surface area (Å²) in [6, 6.07) is 10.8. The minimum Gasteiger partial charge on any atom is -0.355 e. The van der Waals surface area contributed by atoms with Crippen LogP contribution in [0.4, 0.5) is 0 Å². The van der Waals surface area contributed by atoms with E-state index in [0.717, 1.165) is 25.8 Å². The monoisotopic (exact) mass is 328 g/mol. The van der Waals surface area contributed by atoms with Crippen molar-refractivity contribution in [1.29, 1.82) is 0 Å². The van der Waals surface area contributed by atoms with Gasteiger partial charge in [-0.05, 0) is 42.7 Å². The molecule has 2 atom stereocenters. The van der Waals surface area contributed by atoms with Crippen LogP contribution in [0.1, 0.15) is 33.1 Å². The molecule has 1 aromatic heterocycles. The number of carbonyl (C=O) groups is 1. The number of benzene rings is 1. The van der Waals surface area contributed by atoms with E-state index in [2.05, 4.69) is 71.1 Å². The van der Waals surface area contributed by atoms with Gasteiger partial charge in [0.15, 0.2) is 0 Å². The molecule has 2 heterocycles. The molecule has 1 saturated heterocycles. The van der Waals surface area contributed by atoms with Gasteiger partial charge in [0, 0.05) is 30.8 Å². The molecule has 0 bridgehead atoms. The number of hydrogen-bond acceptors (Lipinski definition) is 3. The van der Waals surface area contributed by atoms with E-state index in [4.69, 9.17) is 0 Å². The molecule has 0 spiro atoms. The number of carbonyl (C=O) groups excluding carboxylic acids is 1. The summed E-state index contributed by atoms with van der Waals surface area (Å²) in [4.78, 5) is 12.2. The van der Waals surface area contributed by atoms with Gasteiger partial charge >= 0.3 is 0 Å². The van der Waals surface area contributed by atoms with Crippen LogP contribution in [0.5, 0.6) is 0 Å². The molecule has 1 amide bonds. The Morgan fingerprint density at radius 1 is 1.29 bits per heavy atom. The summed E-state index contributed by atoms with van der Waals surface area (Å²) < 4.78 is 2.25. The second-order valence-electron chi connectivity index (χ2n) is 7.12. The van der Waals surface area contributed by atoms with Gasteiger partial charge in [-0.2, -0.15) is 0 Å².